The number of halogens is 1. The van der Waals surface area contributed by atoms with E-state index in [2.05, 4.69) is 42.0 Å². The molecule has 2 aromatic carbocycles. The second kappa shape index (κ2) is 7.69. The summed E-state index contributed by atoms with van der Waals surface area (Å²) < 4.78 is 20.9. The summed E-state index contributed by atoms with van der Waals surface area (Å²) in [6.45, 7) is 7.49. The Kier molecular flexibility index (Phi) is 5.23. The van der Waals surface area contributed by atoms with Crippen LogP contribution in [0, 0.1) is 12.7 Å². The molecular weight excluding hydrogens is 387 g/mol. The van der Waals surface area contributed by atoms with E-state index in [1.165, 1.54) is 23.0 Å². The Balaban J connectivity index is 1.82. The maximum absolute atomic E-state index is 14.5. The highest BCUT2D eigenvalue weighted by Gasteiger charge is 2.17. The Bertz CT molecular complexity index is 1200. The zero-order valence-corrected chi connectivity index (χ0v) is 17.7. The lowest BCUT2D eigenvalue weighted by molar-refractivity contribution is 0.0580. The Hall–Kier alpha value is -2.57. The lowest BCUT2D eigenvalue weighted by Gasteiger charge is -2.17. The molecule has 2 heterocycles. The number of aliphatic hydroxyl groups excluding tert-OH is 1. The van der Waals surface area contributed by atoms with E-state index >= 15 is 0 Å². The smallest absolute Gasteiger partial charge is 0.167 e. The minimum absolute atomic E-state index is 0.126. The van der Waals surface area contributed by atoms with Crippen molar-refractivity contribution >= 4 is 32.5 Å². The number of aromatic nitrogens is 2. The van der Waals surface area contributed by atoms with E-state index in [0.29, 0.717) is 5.52 Å². The maximum Gasteiger partial charge on any atom is 0.167 e. The predicted octanol–water partition coefficient (Wildman–Crippen LogP) is 5.67. The lowest BCUT2D eigenvalue weighted by atomic mass is 10.0. The first-order valence-corrected chi connectivity index (χ1v) is 10.5. The molecular formula is C23H23FN2O2S. The van der Waals surface area contributed by atoms with Gasteiger partial charge in [0, 0.05) is 29.3 Å². The number of thiazole rings is 1. The highest BCUT2D eigenvalue weighted by molar-refractivity contribution is 7.21. The van der Waals surface area contributed by atoms with Crippen LogP contribution in [0.4, 0.5) is 4.39 Å². The summed E-state index contributed by atoms with van der Waals surface area (Å²) in [6, 6.07) is 9.41. The average Bonchev–Trinajstić information content (AvgIpc) is 3.09. The number of nitrogens with zero attached hydrogens (tertiary/aromatic N) is 2. The van der Waals surface area contributed by atoms with Crippen LogP contribution in [0.2, 0.25) is 0 Å². The van der Waals surface area contributed by atoms with Gasteiger partial charge in [0.25, 0.3) is 0 Å². The molecule has 0 fully saturated rings. The summed E-state index contributed by atoms with van der Waals surface area (Å²) in [6.07, 6.45) is 1.63. The van der Waals surface area contributed by atoms with Crippen molar-refractivity contribution in [1.82, 2.24) is 9.97 Å². The van der Waals surface area contributed by atoms with Crippen LogP contribution in [-0.2, 0) is 6.42 Å². The highest BCUT2D eigenvalue weighted by atomic mass is 32.1. The van der Waals surface area contributed by atoms with Crippen LogP contribution in [0.1, 0.15) is 31.9 Å². The van der Waals surface area contributed by atoms with Gasteiger partial charge in [-0.1, -0.05) is 6.92 Å². The van der Waals surface area contributed by atoms with Gasteiger partial charge in [0.05, 0.1) is 21.8 Å². The molecule has 0 aliphatic carbocycles. The Morgan fingerprint density at radius 1 is 1.17 bits per heavy atom. The molecule has 0 aliphatic rings. The quantitative estimate of drug-likeness (QED) is 0.461. The molecule has 150 valence electrons. The van der Waals surface area contributed by atoms with Gasteiger partial charge in [-0.2, -0.15) is 0 Å². The molecule has 4 nitrogen and oxygen atoms in total. The first kappa shape index (κ1) is 19.7. The molecule has 6 heteroatoms. The number of benzene rings is 2. The van der Waals surface area contributed by atoms with E-state index < -0.39 is 18.0 Å². The molecule has 0 bridgehead atoms. The van der Waals surface area contributed by atoms with Gasteiger partial charge < -0.3 is 9.84 Å². The minimum atomic E-state index is -0.695. The number of pyridine rings is 1. The van der Waals surface area contributed by atoms with Crippen molar-refractivity contribution in [3.8, 4) is 16.3 Å². The summed E-state index contributed by atoms with van der Waals surface area (Å²) in [7, 11) is 0. The van der Waals surface area contributed by atoms with E-state index in [1.807, 2.05) is 6.20 Å². The van der Waals surface area contributed by atoms with Gasteiger partial charge in [0.2, 0.25) is 0 Å². The molecule has 0 unspecified atom stereocenters. The molecule has 0 aliphatic heterocycles. The molecule has 4 rings (SSSR count). The molecule has 0 spiro atoms. The zero-order valence-electron chi connectivity index (χ0n) is 16.9. The van der Waals surface area contributed by atoms with Gasteiger partial charge in [-0.15, -0.1) is 11.3 Å². The van der Waals surface area contributed by atoms with Crippen LogP contribution in [-0.4, -0.2) is 27.3 Å². The monoisotopic (exact) mass is 410 g/mol. The minimum Gasteiger partial charge on any atom is -0.485 e. The fourth-order valence-electron chi connectivity index (χ4n) is 3.24. The number of fused-ring (bicyclic) bond motifs is 2. The van der Waals surface area contributed by atoms with Crippen LogP contribution >= 0.6 is 11.3 Å². The molecule has 0 saturated heterocycles. The Morgan fingerprint density at radius 2 is 1.97 bits per heavy atom. The Morgan fingerprint density at radius 3 is 2.69 bits per heavy atom. The lowest BCUT2D eigenvalue weighted by Crippen LogP contribution is -2.25. The fourth-order valence-corrected chi connectivity index (χ4v) is 4.23. The van der Waals surface area contributed by atoms with Crippen LogP contribution in [0.15, 0.2) is 36.5 Å². The van der Waals surface area contributed by atoms with Gasteiger partial charge in [-0.3, -0.25) is 4.98 Å². The first-order valence-electron chi connectivity index (χ1n) is 9.70. The number of hydrogen-bond acceptors (Lipinski definition) is 5. The summed E-state index contributed by atoms with van der Waals surface area (Å²) in [5.41, 5.74) is 4.74. The van der Waals surface area contributed by atoms with Crippen molar-refractivity contribution in [3.05, 3.63) is 53.5 Å². The highest BCUT2D eigenvalue weighted by Crippen LogP contribution is 2.37. The van der Waals surface area contributed by atoms with Crippen molar-refractivity contribution in [1.29, 1.82) is 0 Å². The van der Waals surface area contributed by atoms with E-state index in [9.17, 15) is 9.50 Å². The summed E-state index contributed by atoms with van der Waals surface area (Å²) in [4.78, 5) is 9.34. The Labute approximate surface area is 173 Å². The first-order chi connectivity index (χ1) is 13.9. The maximum atomic E-state index is 14.5. The van der Waals surface area contributed by atoms with Gasteiger partial charge in [0.1, 0.15) is 11.1 Å². The van der Waals surface area contributed by atoms with E-state index in [4.69, 9.17) is 4.74 Å². The normalized spacial score (nSPS) is 13.7. The van der Waals surface area contributed by atoms with Crippen molar-refractivity contribution in [2.75, 3.05) is 0 Å². The van der Waals surface area contributed by atoms with Gasteiger partial charge >= 0.3 is 0 Å². The summed E-state index contributed by atoms with van der Waals surface area (Å²) in [5.74, 6) is -0.359. The number of aliphatic hydroxyl groups is 1. The van der Waals surface area contributed by atoms with Crippen LogP contribution in [0.5, 0.6) is 5.75 Å². The third-order valence-electron chi connectivity index (χ3n) is 5.06. The topological polar surface area (TPSA) is 55.2 Å². The predicted molar refractivity (Wildman–Crippen MR) is 116 cm³/mol. The van der Waals surface area contributed by atoms with Gasteiger partial charge in [-0.25, -0.2) is 9.37 Å². The third kappa shape index (κ3) is 3.82. The molecule has 0 saturated carbocycles. The average molecular weight is 411 g/mol. The van der Waals surface area contributed by atoms with E-state index in [-0.39, 0.29) is 5.75 Å². The van der Waals surface area contributed by atoms with Crippen molar-refractivity contribution in [2.45, 2.75) is 46.3 Å². The largest absolute Gasteiger partial charge is 0.485 e. The molecule has 0 radical (unpaired) electrons. The molecule has 2 aromatic heterocycles. The van der Waals surface area contributed by atoms with Crippen LogP contribution < -0.4 is 4.74 Å². The van der Waals surface area contributed by atoms with Gasteiger partial charge in [0.15, 0.2) is 11.6 Å². The number of ether oxygens (including phenoxy) is 1. The van der Waals surface area contributed by atoms with Gasteiger partial charge in [-0.05, 0) is 56.5 Å². The standard InChI is InChI=1S/C23H23FN2O2S/c1-5-15-8-16-6-12(2)7-17(22(16)25-11-15)23-26-19-9-18(24)20(10-21(19)29-23)28-14(4)13(3)27/h6-11,13-14,27H,5H2,1-4H3/t13-,14+/m1/s1. The summed E-state index contributed by atoms with van der Waals surface area (Å²) in [5, 5.41) is 11.5. The van der Waals surface area contributed by atoms with Crippen LogP contribution in [0.3, 0.4) is 0 Å². The second-order valence-electron chi connectivity index (χ2n) is 7.41. The van der Waals surface area contributed by atoms with E-state index in [1.54, 1.807) is 19.9 Å². The fraction of sp³-hybridized carbons (Fsp3) is 0.304. The summed E-state index contributed by atoms with van der Waals surface area (Å²) >= 11 is 1.48. The SMILES string of the molecule is CCc1cnc2c(-c3nc4cc(F)c(O[C@@H](C)[C@@H](C)O)cc4s3)cc(C)cc2c1. The number of hydrogen-bond donors (Lipinski definition) is 1. The van der Waals surface area contributed by atoms with Crippen molar-refractivity contribution in [3.63, 3.8) is 0 Å². The number of rotatable bonds is 5. The molecule has 1 N–H and O–H groups in total. The van der Waals surface area contributed by atoms with Crippen molar-refractivity contribution < 1.29 is 14.2 Å². The second-order valence-corrected chi connectivity index (χ2v) is 8.44. The number of aryl methyl sites for hydroxylation is 2. The van der Waals surface area contributed by atoms with Crippen molar-refractivity contribution in [2.24, 2.45) is 0 Å². The van der Waals surface area contributed by atoms with Crippen LogP contribution in [0.25, 0.3) is 31.7 Å². The van der Waals surface area contributed by atoms with E-state index in [0.717, 1.165) is 38.2 Å². The molecule has 2 atom stereocenters. The molecule has 29 heavy (non-hydrogen) atoms. The molecule has 4 aromatic rings. The zero-order chi connectivity index (χ0) is 20.7. The third-order valence-corrected chi connectivity index (χ3v) is 6.11. The molecule has 0 amide bonds.